The van der Waals surface area contributed by atoms with Gasteiger partial charge in [0.15, 0.2) is 0 Å². The smallest absolute Gasteiger partial charge is 0.0954 e. The van der Waals surface area contributed by atoms with Gasteiger partial charge in [-0.2, -0.15) is 0 Å². The van der Waals surface area contributed by atoms with Crippen molar-refractivity contribution < 1.29 is 0 Å². The van der Waals surface area contributed by atoms with Crippen molar-refractivity contribution in [1.82, 2.24) is 4.90 Å². The maximum atomic E-state index is 7.78. The SMILES string of the molecule is CCC(=N)N(C)C1CCCCCC1. The van der Waals surface area contributed by atoms with Crippen molar-refractivity contribution in [2.24, 2.45) is 0 Å². The Morgan fingerprint density at radius 1 is 1.23 bits per heavy atom. The van der Waals surface area contributed by atoms with E-state index in [1.54, 1.807) is 0 Å². The summed E-state index contributed by atoms with van der Waals surface area (Å²) < 4.78 is 0. The normalized spacial score (nSPS) is 19.5. The molecule has 0 saturated heterocycles. The minimum Gasteiger partial charge on any atom is -0.361 e. The lowest BCUT2D eigenvalue weighted by molar-refractivity contribution is 0.324. The standard InChI is InChI=1S/C11H22N2/c1-3-11(12)13(2)10-8-6-4-5-7-9-10/h10,12H,3-9H2,1-2H3. The lowest BCUT2D eigenvalue weighted by Gasteiger charge is -2.29. The molecule has 1 rings (SSSR count). The van der Waals surface area contributed by atoms with Crippen LogP contribution in [-0.4, -0.2) is 23.8 Å². The predicted molar refractivity (Wildman–Crippen MR) is 57.3 cm³/mol. The molecule has 0 unspecified atom stereocenters. The molecule has 1 N–H and O–H groups in total. The quantitative estimate of drug-likeness (QED) is 0.397. The second-order valence-electron chi connectivity index (χ2n) is 4.06. The van der Waals surface area contributed by atoms with E-state index in [1.807, 2.05) is 0 Å². The highest BCUT2D eigenvalue weighted by Crippen LogP contribution is 2.21. The highest BCUT2D eigenvalue weighted by Gasteiger charge is 2.17. The molecule has 0 heterocycles. The maximum absolute atomic E-state index is 7.78. The van der Waals surface area contributed by atoms with Gasteiger partial charge in [0.1, 0.15) is 0 Å². The maximum Gasteiger partial charge on any atom is 0.0954 e. The zero-order chi connectivity index (χ0) is 9.68. The largest absolute Gasteiger partial charge is 0.361 e. The summed E-state index contributed by atoms with van der Waals surface area (Å²) in [6.07, 6.45) is 8.94. The van der Waals surface area contributed by atoms with Crippen molar-refractivity contribution in [3.63, 3.8) is 0 Å². The zero-order valence-electron chi connectivity index (χ0n) is 8.97. The van der Waals surface area contributed by atoms with Gasteiger partial charge in [-0.1, -0.05) is 32.6 Å². The molecule has 13 heavy (non-hydrogen) atoms. The van der Waals surface area contributed by atoms with E-state index < -0.39 is 0 Å². The van der Waals surface area contributed by atoms with Gasteiger partial charge >= 0.3 is 0 Å². The van der Waals surface area contributed by atoms with Crippen LogP contribution in [0.4, 0.5) is 0 Å². The second-order valence-corrected chi connectivity index (χ2v) is 4.06. The first-order valence-electron chi connectivity index (χ1n) is 5.56. The molecule has 1 fully saturated rings. The molecule has 0 aromatic carbocycles. The predicted octanol–water partition coefficient (Wildman–Crippen LogP) is 3.03. The Labute approximate surface area is 81.8 Å². The number of amidine groups is 1. The first kappa shape index (κ1) is 10.6. The molecule has 0 aliphatic heterocycles. The molecular formula is C11H22N2. The first-order chi connectivity index (χ1) is 6.25. The van der Waals surface area contributed by atoms with E-state index in [9.17, 15) is 0 Å². The van der Waals surface area contributed by atoms with Crippen molar-refractivity contribution in [1.29, 1.82) is 5.41 Å². The van der Waals surface area contributed by atoms with Crippen molar-refractivity contribution in [2.45, 2.75) is 57.9 Å². The molecule has 0 amide bonds. The highest BCUT2D eigenvalue weighted by molar-refractivity contribution is 5.78. The van der Waals surface area contributed by atoms with Gasteiger partial charge in [-0.05, 0) is 12.8 Å². The molecule has 0 aromatic heterocycles. The third-order valence-corrected chi connectivity index (χ3v) is 3.13. The summed E-state index contributed by atoms with van der Waals surface area (Å²) >= 11 is 0. The molecule has 0 aromatic rings. The summed E-state index contributed by atoms with van der Waals surface area (Å²) in [6, 6.07) is 0.648. The van der Waals surface area contributed by atoms with Crippen molar-refractivity contribution in [3.05, 3.63) is 0 Å². The van der Waals surface area contributed by atoms with Crippen LogP contribution in [-0.2, 0) is 0 Å². The van der Waals surface area contributed by atoms with Crippen molar-refractivity contribution in [2.75, 3.05) is 7.05 Å². The van der Waals surface area contributed by atoms with Gasteiger partial charge in [-0.3, -0.25) is 5.41 Å². The molecule has 0 atom stereocenters. The molecule has 0 spiro atoms. The van der Waals surface area contributed by atoms with Crippen LogP contribution < -0.4 is 0 Å². The molecule has 1 aliphatic rings. The summed E-state index contributed by atoms with van der Waals surface area (Å²) in [6.45, 7) is 2.07. The summed E-state index contributed by atoms with van der Waals surface area (Å²) in [5.74, 6) is 0.798. The molecule has 2 heteroatoms. The van der Waals surface area contributed by atoms with Gasteiger partial charge in [-0.15, -0.1) is 0 Å². The van der Waals surface area contributed by atoms with Gasteiger partial charge in [0.25, 0.3) is 0 Å². The number of nitrogens with one attached hydrogen (secondary N) is 1. The van der Waals surface area contributed by atoms with Crippen LogP contribution >= 0.6 is 0 Å². The Morgan fingerprint density at radius 2 is 1.77 bits per heavy atom. The van der Waals surface area contributed by atoms with Gasteiger partial charge in [0, 0.05) is 19.5 Å². The summed E-state index contributed by atoms with van der Waals surface area (Å²) in [4.78, 5) is 2.19. The van der Waals surface area contributed by atoms with E-state index in [1.165, 1.54) is 38.5 Å². The fourth-order valence-corrected chi connectivity index (χ4v) is 2.11. The van der Waals surface area contributed by atoms with Crippen molar-refractivity contribution in [3.8, 4) is 0 Å². The Kier molecular flexibility index (Phi) is 4.26. The van der Waals surface area contributed by atoms with E-state index >= 15 is 0 Å². The Balaban J connectivity index is 2.43. The summed E-state index contributed by atoms with van der Waals surface area (Å²) in [7, 11) is 2.09. The zero-order valence-corrected chi connectivity index (χ0v) is 8.97. The monoisotopic (exact) mass is 182 g/mol. The number of rotatable bonds is 2. The fraction of sp³-hybridized carbons (Fsp3) is 0.909. The third-order valence-electron chi connectivity index (χ3n) is 3.13. The van der Waals surface area contributed by atoms with Crippen LogP contribution in [0.1, 0.15) is 51.9 Å². The molecule has 1 aliphatic carbocycles. The van der Waals surface area contributed by atoms with E-state index in [2.05, 4.69) is 18.9 Å². The lowest BCUT2D eigenvalue weighted by Crippen LogP contribution is -2.35. The third kappa shape index (κ3) is 3.02. The van der Waals surface area contributed by atoms with E-state index in [4.69, 9.17) is 5.41 Å². The van der Waals surface area contributed by atoms with Crippen LogP contribution in [0.15, 0.2) is 0 Å². The van der Waals surface area contributed by atoms with Gasteiger partial charge in [0.05, 0.1) is 5.84 Å². The van der Waals surface area contributed by atoms with Crippen LogP contribution in [0.25, 0.3) is 0 Å². The van der Waals surface area contributed by atoms with E-state index in [-0.39, 0.29) is 0 Å². The Bertz CT molecular complexity index is 157. The Morgan fingerprint density at radius 3 is 2.23 bits per heavy atom. The van der Waals surface area contributed by atoms with Gasteiger partial charge in [0.2, 0.25) is 0 Å². The average molecular weight is 182 g/mol. The first-order valence-corrected chi connectivity index (χ1v) is 5.56. The number of hydrogen-bond acceptors (Lipinski definition) is 1. The molecule has 1 saturated carbocycles. The highest BCUT2D eigenvalue weighted by atomic mass is 15.2. The van der Waals surface area contributed by atoms with Crippen LogP contribution in [0, 0.1) is 5.41 Å². The summed E-state index contributed by atoms with van der Waals surface area (Å²) in [5.41, 5.74) is 0. The van der Waals surface area contributed by atoms with Gasteiger partial charge in [-0.25, -0.2) is 0 Å². The van der Waals surface area contributed by atoms with Gasteiger partial charge < -0.3 is 4.90 Å². The van der Waals surface area contributed by atoms with Crippen LogP contribution in [0.2, 0.25) is 0 Å². The minimum absolute atomic E-state index is 0.648. The lowest BCUT2D eigenvalue weighted by atomic mass is 10.1. The Hall–Kier alpha value is -0.530. The topological polar surface area (TPSA) is 27.1 Å². The molecular weight excluding hydrogens is 160 g/mol. The minimum atomic E-state index is 0.648. The number of hydrogen-bond donors (Lipinski definition) is 1. The molecule has 76 valence electrons. The number of nitrogens with zero attached hydrogens (tertiary/aromatic N) is 1. The van der Waals surface area contributed by atoms with E-state index in [0.29, 0.717) is 6.04 Å². The molecule has 2 nitrogen and oxygen atoms in total. The molecule has 0 bridgehead atoms. The van der Waals surface area contributed by atoms with Crippen molar-refractivity contribution >= 4 is 5.84 Å². The molecule has 0 radical (unpaired) electrons. The van der Waals surface area contributed by atoms with E-state index in [0.717, 1.165) is 12.3 Å². The average Bonchev–Trinajstić information content (AvgIpc) is 2.43. The second kappa shape index (κ2) is 5.25. The van der Waals surface area contributed by atoms with Crippen LogP contribution in [0.3, 0.4) is 0 Å². The fourth-order valence-electron chi connectivity index (χ4n) is 2.11. The van der Waals surface area contributed by atoms with Crippen LogP contribution in [0.5, 0.6) is 0 Å². The summed E-state index contributed by atoms with van der Waals surface area (Å²) in [5, 5.41) is 7.78.